The van der Waals surface area contributed by atoms with Crippen LogP contribution in [0.25, 0.3) is 11.1 Å². The van der Waals surface area contributed by atoms with E-state index in [0.29, 0.717) is 0 Å². The second-order valence-electron chi connectivity index (χ2n) is 6.10. The summed E-state index contributed by atoms with van der Waals surface area (Å²) in [5, 5.41) is 0. The molecule has 2 aliphatic heterocycles. The molecule has 122 valence electrons. The molecule has 0 aliphatic carbocycles. The fourth-order valence-electron chi connectivity index (χ4n) is 3.03. The average Bonchev–Trinajstić information content (AvgIpc) is 2.70. The highest BCUT2D eigenvalue weighted by Crippen LogP contribution is 2.18. The lowest BCUT2D eigenvalue weighted by molar-refractivity contribution is 0.143. The highest BCUT2D eigenvalue weighted by Gasteiger charge is 2.25. The summed E-state index contributed by atoms with van der Waals surface area (Å²) in [6, 6.07) is 16.7. The Labute approximate surface area is 143 Å². The van der Waals surface area contributed by atoms with Gasteiger partial charge in [-0.15, -0.1) is 0 Å². The summed E-state index contributed by atoms with van der Waals surface area (Å²) >= 11 is 0. The highest BCUT2D eigenvalue weighted by atomic mass is 16.6. The molecular weight excluding hydrogens is 302 g/mol. The van der Waals surface area contributed by atoms with E-state index in [-0.39, 0.29) is 14.2 Å². The first kappa shape index (κ1) is 15.9. The number of hydrogen-bond acceptors (Lipinski definition) is 4. The largest absolute Gasteiger partial charge is 0.493 e. The monoisotopic (exact) mass is 322 g/mol. The van der Waals surface area contributed by atoms with Crippen LogP contribution in [0.4, 0.5) is 0 Å². The van der Waals surface area contributed by atoms with Crippen molar-refractivity contribution in [1.82, 2.24) is 0 Å². The molecule has 2 fully saturated rings. The zero-order valence-electron chi connectivity index (χ0n) is 13.6. The van der Waals surface area contributed by atoms with Gasteiger partial charge >= 0.3 is 14.2 Å². The Kier molecular flexibility index (Phi) is 4.99. The van der Waals surface area contributed by atoms with Gasteiger partial charge in [0, 0.05) is 26.4 Å². The summed E-state index contributed by atoms with van der Waals surface area (Å²) in [5.41, 5.74) is 4.48. The molecule has 0 atom stereocenters. The van der Waals surface area contributed by atoms with E-state index in [1.165, 1.54) is 11.1 Å². The number of rotatable bonds is 3. The van der Waals surface area contributed by atoms with Gasteiger partial charge < -0.3 is 18.6 Å². The van der Waals surface area contributed by atoms with Crippen LogP contribution in [0.2, 0.25) is 0 Å². The second kappa shape index (κ2) is 7.53. The van der Waals surface area contributed by atoms with Gasteiger partial charge in [-0.25, -0.2) is 0 Å². The first-order valence-corrected chi connectivity index (χ1v) is 8.57. The Morgan fingerprint density at radius 3 is 1.17 bits per heavy atom. The van der Waals surface area contributed by atoms with Crippen molar-refractivity contribution in [3.63, 3.8) is 0 Å². The van der Waals surface area contributed by atoms with E-state index in [1.807, 2.05) is 0 Å². The summed E-state index contributed by atoms with van der Waals surface area (Å²) in [6.07, 6.45) is 1.94. The van der Waals surface area contributed by atoms with Gasteiger partial charge in [0.1, 0.15) is 0 Å². The predicted octanol–water partition coefficient (Wildman–Crippen LogP) is 1.62. The van der Waals surface area contributed by atoms with Crippen molar-refractivity contribution < 1.29 is 18.6 Å². The Morgan fingerprint density at radius 1 is 0.500 bits per heavy atom. The van der Waals surface area contributed by atoms with E-state index in [9.17, 15) is 0 Å². The van der Waals surface area contributed by atoms with Crippen LogP contribution in [0.3, 0.4) is 0 Å². The Balaban J connectivity index is 1.47. The average molecular weight is 322 g/mol. The molecular formula is C18H20B2O4. The quantitative estimate of drug-likeness (QED) is 0.805. The molecule has 2 aromatic rings. The molecule has 2 saturated heterocycles. The molecule has 0 amide bonds. The lowest BCUT2D eigenvalue weighted by Crippen LogP contribution is -2.40. The first-order valence-electron chi connectivity index (χ1n) is 8.57. The van der Waals surface area contributed by atoms with Gasteiger partial charge in [0.2, 0.25) is 0 Å². The van der Waals surface area contributed by atoms with Crippen molar-refractivity contribution in [1.29, 1.82) is 0 Å². The van der Waals surface area contributed by atoms with Gasteiger partial charge in [-0.2, -0.15) is 0 Å². The third-order valence-corrected chi connectivity index (χ3v) is 4.35. The van der Waals surface area contributed by atoms with Crippen molar-refractivity contribution in [2.45, 2.75) is 12.8 Å². The van der Waals surface area contributed by atoms with Gasteiger partial charge in [0.25, 0.3) is 0 Å². The van der Waals surface area contributed by atoms with Crippen molar-refractivity contribution in [3.05, 3.63) is 48.5 Å². The SMILES string of the molecule is c1cc(-c2ccc(B3OCCCO3)cc2)ccc1B1OCCCO1. The molecule has 0 saturated carbocycles. The Bertz CT molecular complexity index is 588. The van der Waals surface area contributed by atoms with Crippen molar-refractivity contribution >= 4 is 25.2 Å². The fourth-order valence-corrected chi connectivity index (χ4v) is 3.03. The van der Waals surface area contributed by atoms with Crippen molar-refractivity contribution in [2.75, 3.05) is 26.4 Å². The van der Waals surface area contributed by atoms with Crippen LogP contribution in [-0.2, 0) is 18.6 Å². The molecule has 0 aromatic heterocycles. The standard InChI is InChI=1S/C18H20B2O4/c1-11-21-19(22-12-1)17-7-3-15(4-8-17)16-5-9-18(10-6-16)20-23-13-2-14-24-20/h3-10H,1-2,11-14H2. The van der Waals surface area contributed by atoms with E-state index in [2.05, 4.69) is 48.5 Å². The summed E-state index contributed by atoms with van der Waals surface area (Å²) in [7, 11) is -0.452. The maximum Gasteiger partial charge on any atom is 0.493 e. The summed E-state index contributed by atoms with van der Waals surface area (Å²) in [5.74, 6) is 0. The van der Waals surface area contributed by atoms with Crippen LogP contribution < -0.4 is 10.9 Å². The second-order valence-corrected chi connectivity index (χ2v) is 6.10. The van der Waals surface area contributed by atoms with E-state index in [0.717, 1.165) is 50.2 Å². The lowest BCUT2D eigenvalue weighted by atomic mass is 9.76. The van der Waals surface area contributed by atoms with Gasteiger partial charge in [-0.05, 0) is 34.9 Å². The molecule has 0 bridgehead atoms. The van der Waals surface area contributed by atoms with Crippen molar-refractivity contribution in [2.24, 2.45) is 0 Å². The molecule has 2 aliphatic rings. The van der Waals surface area contributed by atoms with Crippen LogP contribution in [0.5, 0.6) is 0 Å². The van der Waals surface area contributed by atoms with Gasteiger partial charge in [-0.3, -0.25) is 0 Å². The lowest BCUT2D eigenvalue weighted by Gasteiger charge is -2.20. The maximum absolute atomic E-state index is 5.64. The first-order chi connectivity index (χ1) is 11.9. The van der Waals surface area contributed by atoms with Gasteiger partial charge in [0.15, 0.2) is 0 Å². The molecule has 0 spiro atoms. The van der Waals surface area contributed by atoms with Crippen LogP contribution >= 0.6 is 0 Å². The molecule has 0 N–H and O–H groups in total. The van der Waals surface area contributed by atoms with E-state index >= 15 is 0 Å². The maximum atomic E-state index is 5.64. The third kappa shape index (κ3) is 3.57. The molecule has 4 nitrogen and oxygen atoms in total. The van der Waals surface area contributed by atoms with E-state index < -0.39 is 0 Å². The summed E-state index contributed by atoms with van der Waals surface area (Å²) in [6.45, 7) is 3.05. The molecule has 2 aromatic carbocycles. The van der Waals surface area contributed by atoms with Gasteiger partial charge in [-0.1, -0.05) is 48.5 Å². The van der Waals surface area contributed by atoms with Crippen LogP contribution in [-0.4, -0.2) is 40.7 Å². The molecule has 2 heterocycles. The van der Waals surface area contributed by atoms with Crippen molar-refractivity contribution in [3.8, 4) is 11.1 Å². The normalized spacial score (nSPS) is 18.7. The molecule has 0 unspecified atom stereocenters. The zero-order valence-corrected chi connectivity index (χ0v) is 13.6. The molecule has 6 heteroatoms. The minimum atomic E-state index is -0.226. The molecule has 0 radical (unpaired) electrons. The predicted molar refractivity (Wildman–Crippen MR) is 95.7 cm³/mol. The minimum absolute atomic E-state index is 0.226. The molecule has 4 rings (SSSR count). The summed E-state index contributed by atoms with van der Waals surface area (Å²) in [4.78, 5) is 0. The van der Waals surface area contributed by atoms with E-state index in [4.69, 9.17) is 18.6 Å². The topological polar surface area (TPSA) is 36.9 Å². The Morgan fingerprint density at radius 2 is 0.833 bits per heavy atom. The van der Waals surface area contributed by atoms with E-state index in [1.54, 1.807) is 0 Å². The van der Waals surface area contributed by atoms with Crippen LogP contribution in [0.1, 0.15) is 12.8 Å². The number of hydrogen-bond donors (Lipinski definition) is 0. The number of benzene rings is 2. The summed E-state index contributed by atoms with van der Waals surface area (Å²) < 4.78 is 22.6. The zero-order chi connectivity index (χ0) is 16.2. The van der Waals surface area contributed by atoms with Gasteiger partial charge in [0.05, 0.1) is 0 Å². The van der Waals surface area contributed by atoms with Crippen LogP contribution in [0.15, 0.2) is 48.5 Å². The minimum Gasteiger partial charge on any atom is -0.407 e. The smallest absolute Gasteiger partial charge is 0.407 e. The van der Waals surface area contributed by atoms with Crippen LogP contribution in [0, 0.1) is 0 Å². The fraction of sp³-hybridized carbons (Fsp3) is 0.333. The molecule has 24 heavy (non-hydrogen) atoms. The Hall–Kier alpha value is -1.59. The highest BCUT2D eigenvalue weighted by molar-refractivity contribution is 6.61. The third-order valence-electron chi connectivity index (χ3n) is 4.35.